The van der Waals surface area contributed by atoms with Crippen LogP contribution in [-0.2, 0) is 13.1 Å². The minimum Gasteiger partial charge on any atom is -0.348 e. The first kappa shape index (κ1) is 13.3. The zero-order valence-corrected chi connectivity index (χ0v) is 11.0. The molecule has 3 heteroatoms. The van der Waals surface area contributed by atoms with Crippen LogP contribution >= 0.6 is 0 Å². The lowest BCUT2D eigenvalue weighted by Gasteiger charge is -2.08. The number of hydrogen-bond donors (Lipinski definition) is 2. The molecule has 2 aromatic rings. The second kappa shape index (κ2) is 6.16. The molecule has 0 aliphatic heterocycles. The van der Waals surface area contributed by atoms with E-state index in [0.29, 0.717) is 13.1 Å². The summed E-state index contributed by atoms with van der Waals surface area (Å²) in [6, 6.07) is 15.5. The summed E-state index contributed by atoms with van der Waals surface area (Å²) in [7, 11) is 0. The number of rotatable bonds is 4. The van der Waals surface area contributed by atoms with E-state index in [1.54, 1.807) is 0 Å². The van der Waals surface area contributed by atoms with Crippen LogP contribution in [0.3, 0.4) is 0 Å². The van der Waals surface area contributed by atoms with Crippen LogP contribution in [0, 0.1) is 6.92 Å². The molecule has 0 fully saturated rings. The van der Waals surface area contributed by atoms with Crippen molar-refractivity contribution in [1.29, 1.82) is 0 Å². The van der Waals surface area contributed by atoms with Crippen molar-refractivity contribution in [2.75, 3.05) is 0 Å². The fraction of sp³-hybridized carbons (Fsp3) is 0.188. The summed E-state index contributed by atoms with van der Waals surface area (Å²) in [5.41, 5.74) is 9.43. The topological polar surface area (TPSA) is 55.1 Å². The van der Waals surface area contributed by atoms with Gasteiger partial charge in [0, 0.05) is 18.7 Å². The van der Waals surface area contributed by atoms with E-state index in [1.165, 1.54) is 0 Å². The maximum absolute atomic E-state index is 12.1. The largest absolute Gasteiger partial charge is 0.348 e. The quantitative estimate of drug-likeness (QED) is 0.880. The Hall–Kier alpha value is -2.13. The third-order valence-corrected chi connectivity index (χ3v) is 3.07. The molecule has 0 heterocycles. The maximum Gasteiger partial charge on any atom is 0.251 e. The van der Waals surface area contributed by atoms with Crippen LogP contribution in [0.25, 0.3) is 0 Å². The molecule has 3 N–H and O–H groups in total. The van der Waals surface area contributed by atoms with E-state index in [1.807, 2.05) is 55.5 Å². The molecule has 0 atom stereocenters. The first-order valence-electron chi connectivity index (χ1n) is 6.32. The molecule has 0 aliphatic carbocycles. The van der Waals surface area contributed by atoms with Crippen LogP contribution in [-0.4, -0.2) is 5.91 Å². The summed E-state index contributed by atoms with van der Waals surface area (Å²) in [4.78, 5) is 12.1. The molecule has 0 saturated carbocycles. The number of hydrogen-bond acceptors (Lipinski definition) is 2. The third kappa shape index (κ3) is 3.42. The highest BCUT2D eigenvalue weighted by Gasteiger charge is 2.07. The Labute approximate surface area is 113 Å². The molecular formula is C16H18N2O. The van der Waals surface area contributed by atoms with Crippen LogP contribution < -0.4 is 11.1 Å². The monoisotopic (exact) mass is 254 g/mol. The fourth-order valence-corrected chi connectivity index (χ4v) is 1.97. The number of benzene rings is 2. The van der Waals surface area contributed by atoms with Gasteiger partial charge in [0.2, 0.25) is 0 Å². The van der Waals surface area contributed by atoms with Crippen molar-refractivity contribution in [3.8, 4) is 0 Å². The third-order valence-electron chi connectivity index (χ3n) is 3.07. The molecule has 1 amide bonds. The van der Waals surface area contributed by atoms with E-state index in [-0.39, 0.29) is 5.91 Å². The van der Waals surface area contributed by atoms with Crippen molar-refractivity contribution in [2.24, 2.45) is 5.73 Å². The minimum atomic E-state index is -0.0451. The molecule has 0 spiro atoms. The van der Waals surface area contributed by atoms with Gasteiger partial charge >= 0.3 is 0 Å². The van der Waals surface area contributed by atoms with Crippen LogP contribution in [0.5, 0.6) is 0 Å². The van der Waals surface area contributed by atoms with E-state index >= 15 is 0 Å². The Kier molecular flexibility index (Phi) is 4.31. The number of nitrogens with two attached hydrogens (primary N) is 1. The van der Waals surface area contributed by atoms with Crippen LogP contribution in [0.15, 0.2) is 48.5 Å². The number of carbonyl (C=O) groups is 1. The first-order valence-corrected chi connectivity index (χ1v) is 6.32. The molecule has 0 unspecified atom stereocenters. The zero-order valence-electron chi connectivity index (χ0n) is 11.0. The summed E-state index contributed by atoms with van der Waals surface area (Å²) in [6.07, 6.45) is 0. The summed E-state index contributed by atoms with van der Waals surface area (Å²) >= 11 is 0. The SMILES string of the molecule is Cc1ccccc1C(=O)NCc1cccc(CN)c1. The second-order valence-electron chi connectivity index (χ2n) is 4.52. The Morgan fingerprint density at radius 1 is 1.11 bits per heavy atom. The van der Waals surface area contributed by atoms with E-state index in [0.717, 1.165) is 22.3 Å². The van der Waals surface area contributed by atoms with Gasteiger partial charge in [-0.2, -0.15) is 0 Å². The average Bonchev–Trinajstić information content (AvgIpc) is 2.45. The Balaban J connectivity index is 2.02. The van der Waals surface area contributed by atoms with Gasteiger partial charge in [-0.15, -0.1) is 0 Å². The van der Waals surface area contributed by atoms with E-state index in [9.17, 15) is 4.79 Å². The molecule has 19 heavy (non-hydrogen) atoms. The molecule has 2 rings (SSSR count). The Bertz CT molecular complexity index is 578. The minimum absolute atomic E-state index is 0.0451. The molecular weight excluding hydrogens is 236 g/mol. The standard InChI is InChI=1S/C16H18N2O/c1-12-5-2-3-8-15(12)16(19)18-11-14-7-4-6-13(9-14)10-17/h2-9H,10-11,17H2,1H3,(H,18,19). The molecule has 0 aliphatic rings. The summed E-state index contributed by atoms with van der Waals surface area (Å²) in [6.45, 7) is 2.96. The predicted octanol–water partition coefficient (Wildman–Crippen LogP) is 2.38. The second-order valence-corrected chi connectivity index (χ2v) is 4.52. The van der Waals surface area contributed by atoms with Gasteiger partial charge in [-0.05, 0) is 29.7 Å². The lowest BCUT2D eigenvalue weighted by Crippen LogP contribution is -2.23. The lowest BCUT2D eigenvalue weighted by atomic mass is 10.1. The van der Waals surface area contributed by atoms with Crippen molar-refractivity contribution < 1.29 is 4.79 Å². The smallest absolute Gasteiger partial charge is 0.251 e. The van der Waals surface area contributed by atoms with E-state index < -0.39 is 0 Å². The highest BCUT2D eigenvalue weighted by molar-refractivity contribution is 5.95. The van der Waals surface area contributed by atoms with E-state index in [2.05, 4.69) is 5.32 Å². The molecule has 2 aromatic carbocycles. The summed E-state index contributed by atoms with van der Waals surface area (Å²) in [5.74, 6) is -0.0451. The van der Waals surface area contributed by atoms with Crippen molar-refractivity contribution in [1.82, 2.24) is 5.32 Å². The van der Waals surface area contributed by atoms with Gasteiger partial charge in [-0.1, -0.05) is 42.5 Å². The molecule has 3 nitrogen and oxygen atoms in total. The van der Waals surface area contributed by atoms with Crippen LogP contribution in [0.4, 0.5) is 0 Å². The van der Waals surface area contributed by atoms with Gasteiger partial charge in [0.25, 0.3) is 5.91 Å². The van der Waals surface area contributed by atoms with Gasteiger partial charge in [-0.25, -0.2) is 0 Å². The summed E-state index contributed by atoms with van der Waals surface area (Å²) < 4.78 is 0. The van der Waals surface area contributed by atoms with Crippen molar-refractivity contribution in [3.63, 3.8) is 0 Å². The van der Waals surface area contributed by atoms with Crippen molar-refractivity contribution in [2.45, 2.75) is 20.0 Å². The number of aryl methyl sites for hydroxylation is 1. The van der Waals surface area contributed by atoms with E-state index in [4.69, 9.17) is 5.73 Å². The number of carbonyl (C=O) groups excluding carboxylic acids is 1. The number of amides is 1. The van der Waals surface area contributed by atoms with Crippen LogP contribution in [0.1, 0.15) is 27.0 Å². The maximum atomic E-state index is 12.1. The van der Waals surface area contributed by atoms with Crippen LogP contribution in [0.2, 0.25) is 0 Å². The predicted molar refractivity (Wildman–Crippen MR) is 76.7 cm³/mol. The molecule has 0 saturated heterocycles. The van der Waals surface area contributed by atoms with Gasteiger partial charge in [0.1, 0.15) is 0 Å². The Morgan fingerprint density at radius 3 is 2.58 bits per heavy atom. The zero-order chi connectivity index (χ0) is 13.7. The Morgan fingerprint density at radius 2 is 1.84 bits per heavy atom. The van der Waals surface area contributed by atoms with Gasteiger partial charge in [0.15, 0.2) is 0 Å². The highest BCUT2D eigenvalue weighted by atomic mass is 16.1. The molecule has 98 valence electrons. The average molecular weight is 254 g/mol. The van der Waals surface area contributed by atoms with Crippen molar-refractivity contribution >= 4 is 5.91 Å². The lowest BCUT2D eigenvalue weighted by molar-refractivity contribution is 0.0950. The molecule has 0 radical (unpaired) electrons. The first-order chi connectivity index (χ1) is 9.20. The molecule has 0 aromatic heterocycles. The van der Waals surface area contributed by atoms with Gasteiger partial charge in [0.05, 0.1) is 0 Å². The van der Waals surface area contributed by atoms with Crippen molar-refractivity contribution in [3.05, 3.63) is 70.8 Å². The normalized spacial score (nSPS) is 10.2. The van der Waals surface area contributed by atoms with Gasteiger partial charge < -0.3 is 11.1 Å². The summed E-state index contributed by atoms with van der Waals surface area (Å²) in [5, 5.41) is 2.93. The fourth-order valence-electron chi connectivity index (χ4n) is 1.97. The number of nitrogens with one attached hydrogen (secondary N) is 1. The molecule has 0 bridgehead atoms. The highest BCUT2D eigenvalue weighted by Crippen LogP contribution is 2.08. The van der Waals surface area contributed by atoms with Gasteiger partial charge in [-0.3, -0.25) is 4.79 Å².